The summed E-state index contributed by atoms with van der Waals surface area (Å²) < 4.78 is 38.6. The molecule has 7 rings (SSSR count). The van der Waals surface area contributed by atoms with Gasteiger partial charge in [0, 0.05) is 11.1 Å². The van der Waals surface area contributed by atoms with Crippen LogP contribution in [-0.4, -0.2) is 14.2 Å². The molecule has 256 valence electrons. The molecule has 0 aromatic heterocycles. The van der Waals surface area contributed by atoms with Crippen LogP contribution in [0.4, 0.5) is 0 Å². The number of rotatable bonds is 12. The van der Waals surface area contributed by atoms with E-state index in [0.717, 1.165) is 56.6 Å². The average molecular weight is 705 g/mol. The highest BCUT2D eigenvalue weighted by atomic mass is 31.1. The molecule has 0 fully saturated rings. The number of fused-ring (bicyclic) bond motifs is 3. The van der Waals surface area contributed by atoms with Crippen LogP contribution >= 0.6 is 18.1 Å². The van der Waals surface area contributed by atoms with Gasteiger partial charge in [-0.3, -0.25) is 0 Å². The first-order valence-corrected chi connectivity index (χ1v) is 18.4. The molecular formula is C42H42O6P2. The van der Waals surface area contributed by atoms with Gasteiger partial charge in [-0.2, -0.15) is 0 Å². The highest BCUT2D eigenvalue weighted by Crippen LogP contribution is 2.55. The second-order valence-electron chi connectivity index (χ2n) is 13.3. The lowest BCUT2D eigenvalue weighted by Crippen LogP contribution is -2.19. The molecule has 0 saturated carbocycles. The summed E-state index contributed by atoms with van der Waals surface area (Å²) >= 11 is 0. The first-order valence-electron chi connectivity index (χ1n) is 16.8. The fourth-order valence-corrected chi connectivity index (χ4v) is 8.47. The molecule has 1 aliphatic rings. The summed E-state index contributed by atoms with van der Waals surface area (Å²) in [6.45, 7) is 8.38. The summed E-state index contributed by atoms with van der Waals surface area (Å²) in [5, 5.41) is 3.97. The minimum atomic E-state index is -0.585. The molecule has 0 heterocycles. The zero-order valence-electron chi connectivity index (χ0n) is 29.3. The molecule has 1 aliphatic carbocycles. The van der Waals surface area contributed by atoms with E-state index in [9.17, 15) is 0 Å². The fourth-order valence-electron chi connectivity index (χ4n) is 7.10. The number of hydrogen-bond donors (Lipinski definition) is 0. The molecule has 8 heteroatoms. The quantitative estimate of drug-likeness (QED) is 0.118. The van der Waals surface area contributed by atoms with Gasteiger partial charge in [-0.1, -0.05) is 97.1 Å². The van der Waals surface area contributed by atoms with Crippen molar-refractivity contribution in [3.63, 3.8) is 0 Å². The summed E-state index contributed by atoms with van der Waals surface area (Å²) in [6.07, 6.45) is 1.87. The van der Waals surface area contributed by atoms with Crippen molar-refractivity contribution < 1.29 is 27.6 Å². The second kappa shape index (κ2) is 14.2. The van der Waals surface area contributed by atoms with Crippen LogP contribution in [0.2, 0.25) is 0 Å². The van der Waals surface area contributed by atoms with Gasteiger partial charge < -0.3 is 27.6 Å². The Morgan fingerprint density at radius 1 is 0.660 bits per heavy atom. The van der Waals surface area contributed by atoms with Gasteiger partial charge in [0.05, 0.1) is 25.4 Å². The predicted molar refractivity (Wildman–Crippen MR) is 206 cm³/mol. The topological polar surface area (TPSA) is 55.4 Å². The molecule has 3 unspecified atom stereocenters. The third kappa shape index (κ3) is 6.43. The molecule has 50 heavy (non-hydrogen) atoms. The molecule has 6 nitrogen and oxygen atoms in total. The normalized spacial score (nSPS) is 16.1. The minimum Gasteiger partial charge on any atom is -0.493 e. The maximum atomic E-state index is 6.73. The third-order valence-corrected chi connectivity index (χ3v) is 11.4. The lowest BCUT2D eigenvalue weighted by molar-refractivity contribution is 0.101. The number of aryl methyl sites for hydroxylation is 2. The average Bonchev–Trinajstić information content (AvgIpc) is 3.47. The van der Waals surface area contributed by atoms with E-state index >= 15 is 0 Å². The van der Waals surface area contributed by atoms with Crippen LogP contribution < -0.4 is 18.5 Å². The first kappa shape index (κ1) is 34.3. The Morgan fingerprint density at radius 3 is 1.82 bits per heavy atom. The Balaban J connectivity index is 1.34. The predicted octanol–water partition coefficient (Wildman–Crippen LogP) is 11.6. The highest BCUT2D eigenvalue weighted by Gasteiger charge is 2.36. The zero-order valence-corrected chi connectivity index (χ0v) is 31.3. The van der Waals surface area contributed by atoms with Crippen LogP contribution in [0.25, 0.3) is 32.7 Å². The van der Waals surface area contributed by atoms with Gasteiger partial charge in [0.2, 0.25) is 18.1 Å². The largest absolute Gasteiger partial charge is 0.493 e. The number of methoxy groups -OCH3 is 2. The summed E-state index contributed by atoms with van der Waals surface area (Å²) in [4.78, 5) is 0. The van der Waals surface area contributed by atoms with E-state index in [2.05, 4.69) is 88.4 Å². The maximum Gasteiger partial charge on any atom is 0.216 e. The Morgan fingerprint density at radius 2 is 1.20 bits per heavy atom. The molecule has 0 bridgehead atoms. The summed E-state index contributed by atoms with van der Waals surface area (Å²) in [7, 11) is 2.72. The molecule has 0 N–H and O–H groups in total. The lowest BCUT2D eigenvalue weighted by atomic mass is 9.91. The zero-order chi connectivity index (χ0) is 34.9. The van der Waals surface area contributed by atoms with E-state index < -0.39 is 11.2 Å². The van der Waals surface area contributed by atoms with Crippen molar-refractivity contribution in [2.24, 2.45) is 0 Å². The van der Waals surface area contributed by atoms with Gasteiger partial charge in [0.25, 0.3) is 0 Å². The summed E-state index contributed by atoms with van der Waals surface area (Å²) in [5.74, 6) is 2.33. The molecular weight excluding hydrogens is 662 g/mol. The number of hydrogen-bond acceptors (Lipinski definition) is 6. The van der Waals surface area contributed by atoms with E-state index in [1.54, 1.807) is 14.2 Å². The van der Waals surface area contributed by atoms with Crippen molar-refractivity contribution in [2.45, 2.75) is 51.7 Å². The molecule has 0 saturated heterocycles. The fraction of sp³-hybridized carbons (Fsp3) is 0.238. The van der Waals surface area contributed by atoms with Crippen molar-refractivity contribution in [1.82, 2.24) is 0 Å². The minimum absolute atomic E-state index is 0.289. The Labute approximate surface area is 297 Å². The van der Waals surface area contributed by atoms with E-state index in [1.165, 1.54) is 11.1 Å². The summed E-state index contributed by atoms with van der Waals surface area (Å²) in [6, 6.07) is 37.3. The molecule has 6 aromatic rings. The van der Waals surface area contributed by atoms with Gasteiger partial charge in [-0.15, -0.1) is 0 Å². The van der Waals surface area contributed by atoms with Gasteiger partial charge in [-0.25, -0.2) is 0 Å². The standard InChI is InChI=1S/C42H42O6P2/c1-27-15-7-13-21-33(27)41(2,3)47-49-45-39-35(43-5)25-29-17-8-11-19-31(29)37(39)38-32-20-12-9-18-30(32)26-36(44-6)40(38)46-50-48-42(4)24-23-28-16-10-14-22-34(28)42/h7-22,25-26,49-50H,23-24H2,1-6H3. The van der Waals surface area contributed by atoms with Crippen molar-refractivity contribution in [1.29, 1.82) is 0 Å². The van der Waals surface area contributed by atoms with Crippen LogP contribution in [0, 0.1) is 6.92 Å². The van der Waals surface area contributed by atoms with Gasteiger partial charge >= 0.3 is 0 Å². The molecule has 6 aromatic carbocycles. The van der Waals surface area contributed by atoms with Crippen molar-refractivity contribution >= 4 is 39.6 Å². The van der Waals surface area contributed by atoms with Crippen LogP contribution in [0.15, 0.2) is 109 Å². The van der Waals surface area contributed by atoms with Crippen molar-refractivity contribution in [2.75, 3.05) is 14.2 Å². The van der Waals surface area contributed by atoms with E-state index in [-0.39, 0.29) is 18.1 Å². The third-order valence-electron chi connectivity index (χ3n) is 9.73. The summed E-state index contributed by atoms with van der Waals surface area (Å²) in [5.41, 5.74) is 5.44. The molecule has 0 spiro atoms. The smallest absolute Gasteiger partial charge is 0.216 e. The number of benzene rings is 6. The van der Waals surface area contributed by atoms with Gasteiger partial charge in [-0.05, 0) is 96.5 Å². The molecule has 0 amide bonds. The SMILES string of the molecule is COc1cc2ccccc2c(-c2c(OPOC3(C)CCc4ccccc43)c(OC)cc3ccccc23)c1OPOC(C)(C)c1ccccc1C. The van der Waals surface area contributed by atoms with Gasteiger partial charge in [0.1, 0.15) is 0 Å². The van der Waals surface area contributed by atoms with Gasteiger partial charge in [0.15, 0.2) is 23.0 Å². The molecule has 0 aliphatic heterocycles. The maximum absolute atomic E-state index is 6.73. The van der Waals surface area contributed by atoms with Crippen LogP contribution in [-0.2, 0) is 26.7 Å². The first-order chi connectivity index (χ1) is 24.2. The molecule has 3 atom stereocenters. The van der Waals surface area contributed by atoms with Crippen LogP contribution in [0.5, 0.6) is 23.0 Å². The Bertz CT molecular complexity index is 2180. The van der Waals surface area contributed by atoms with E-state index in [0.29, 0.717) is 23.0 Å². The Kier molecular flexibility index (Phi) is 9.74. The van der Waals surface area contributed by atoms with Crippen molar-refractivity contribution in [3.05, 3.63) is 131 Å². The second-order valence-corrected chi connectivity index (χ2v) is 14.4. The van der Waals surface area contributed by atoms with Crippen LogP contribution in [0.1, 0.15) is 49.4 Å². The highest BCUT2D eigenvalue weighted by molar-refractivity contribution is 7.27. The Hall–Kier alpha value is -4.18. The lowest BCUT2D eigenvalue weighted by Gasteiger charge is -2.28. The monoisotopic (exact) mass is 704 g/mol. The van der Waals surface area contributed by atoms with E-state index in [4.69, 9.17) is 27.6 Å². The molecule has 0 radical (unpaired) electrons. The van der Waals surface area contributed by atoms with Crippen molar-refractivity contribution in [3.8, 4) is 34.1 Å². The van der Waals surface area contributed by atoms with E-state index in [1.807, 2.05) is 48.5 Å². The number of ether oxygens (including phenoxy) is 2. The van der Waals surface area contributed by atoms with Crippen LogP contribution in [0.3, 0.4) is 0 Å².